The maximum absolute atomic E-state index is 12.7. The molecule has 0 spiro atoms. The number of rotatable bonds is 6. The number of thioether (sulfide) groups is 1. The van der Waals surface area contributed by atoms with E-state index in [4.69, 9.17) is 9.47 Å². The first kappa shape index (κ1) is 21.0. The molecule has 31 heavy (non-hydrogen) atoms. The van der Waals surface area contributed by atoms with Gasteiger partial charge in [0.05, 0.1) is 31.2 Å². The Labute approximate surface area is 184 Å². The summed E-state index contributed by atoms with van der Waals surface area (Å²) in [5.74, 6) is 1.22. The molecule has 2 aromatic carbocycles. The average Bonchev–Trinajstić information content (AvgIpc) is 3.16. The highest BCUT2D eigenvalue weighted by Crippen LogP contribution is 2.31. The second kappa shape index (κ2) is 8.47. The van der Waals surface area contributed by atoms with E-state index < -0.39 is 0 Å². The van der Waals surface area contributed by atoms with Crippen molar-refractivity contribution in [3.8, 4) is 11.5 Å². The lowest BCUT2D eigenvalue weighted by atomic mass is 10.1. The van der Waals surface area contributed by atoms with Crippen LogP contribution in [-0.2, 0) is 4.79 Å². The number of ether oxygens (including phenoxy) is 2. The van der Waals surface area contributed by atoms with E-state index in [1.165, 1.54) is 17.3 Å². The molecule has 160 valence electrons. The summed E-state index contributed by atoms with van der Waals surface area (Å²) in [5.41, 5.74) is 5.82. The average molecular weight is 437 g/mol. The predicted octanol–water partition coefficient (Wildman–Crippen LogP) is 4.56. The fourth-order valence-electron chi connectivity index (χ4n) is 3.75. The van der Waals surface area contributed by atoms with E-state index >= 15 is 0 Å². The van der Waals surface area contributed by atoms with E-state index in [2.05, 4.69) is 47.6 Å². The number of aryl methyl sites for hydroxylation is 3. The molecule has 0 saturated carbocycles. The Balaban J connectivity index is 1.62. The van der Waals surface area contributed by atoms with Crippen molar-refractivity contribution < 1.29 is 14.3 Å². The van der Waals surface area contributed by atoms with E-state index in [1.807, 2.05) is 11.3 Å². The lowest BCUT2D eigenvalue weighted by Crippen LogP contribution is -2.15. The number of carbonyl (C=O) groups excluding carboxylic acids is 1. The van der Waals surface area contributed by atoms with Gasteiger partial charge in [0.1, 0.15) is 11.5 Å². The fraction of sp³-hybridized carbons (Fsp3) is 0.261. The largest absolute Gasteiger partial charge is 0.497 e. The molecule has 7 nitrogen and oxygen atoms in total. The van der Waals surface area contributed by atoms with Gasteiger partial charge >= 0.3 is 0 Å². The number of fused-ring (bicyclic) bond motifs is 3. The van der Waals surface area contributed by atoms with E-state index in [0.29, 0.717) is 22.3 Å². The molecule has 4 rings (SSSR count). The molecule has 0 unspecified atom stereocenters. The smallest absolute Gasteiger partial charge is 0.234 e. The first-order chi connectivity index (χ1) is 14.9. The van der Waals surface area contributed by atoms with Crippen LogP contribution in [0.5, 0.6) is 11.5 Å². The molecular weight excluding hydrogens is 412 g/mol. The van der Waals surface area contributed by atoms with Crippen LogP contribution in [0, 0.1) is 20.8 Å². The number of nitrogens with zero attached hydrogens (tertiary/aromatic N) is 3. The van der Waals surface area contributed by atoms with E-state index in [-0.39, 0.29) is 11.7 Å². The minimum atomic E-state index is -0.169. The van der Waals surface area contributed by atoms with Crippen molar-refractivity contribution in [1.29, 1.82) is 0 Å². The molecule has 0 aliphatic carbocycles. The molecule has 4 aromatic rings. The van der Waals surface area contributed by atoms with Crippen LogP contribution in [0.25, 0.3) is 16.6 Å². The van der Waals surface area contributed by atoms with E-state index in [0.717, 1.165) is 27.7 Å². The Bertz CT molecular complexity index is 1300. The highest BCUT2D eigenvalue weighted by molar-refractivity contribution is 7.99. The lowest BCUT2D eigenvalue weighted by molar-refractivity contribution is -0.113. The van der Waals surface area contributed by atoms with Gasteiger partial charge in [0, 0.05) is 6.07 Å². The van der Waals surface area contributed by atoms with Crippen molar-refractivity contribution in [3.63, 3.8) is 0 Å². The van der Waals surface area contributed by atoms with E-state index in [9.17, 15) is 4.79 Å². The van der Waals surface area contributed by atoms with Gasteiger partial charge in [-0.1, -0.05) is 23.4 Å². The van der Waals surface area contributed by atoms with Gasteiger partial charge in [-0.05, 0) is 61.5 Å². The third-order valence-corrected chi connectivity index (χ3v) is 6.00. The Kier molecular flexibility index (Phi) is 5.73. The van der Waals surface area contributed by atoms with Gasteiger partial charge in [0.15, 0.2) is 10.8 Å². The Hall–Kier alpha value is -3.26. The number of hydrogen-bond acceptors (Lipinski definition) is 6. The standard InChI is InChI=1S/C23H24N4O3S/c1-13-8-14(2)21-16(9-13)10-15(3)22-25-26-23(27(21)22)31-12-20(28)24-18-11-17(29-4)6-7-19(18)30-5/h6-11H,12H2,1-5H3,(H,24,28). The van der Waals surface area contributed by atoms with Crippen LogP contribution < -0.4 is 14.8 Å². The Morgan fingerprint density at radius 2 is 1.84 bits per heavy atom. The number of anilines is 1. The molecule has 0 aliphatic rings. The molecule has 0 radical (unpaired) electrons. The van der Waals surface area contributed by atoms with Crippen molar-refractivity contribution in [2.45, 2.75) is 25.9 Å². The Morgan fingerprint density at radius 1 is 1.03 bits per heavy atom. The maximum atomic E-state index is 12.7. The number of pyridine rings is 1. The first-order valence-electron chi connectivity index (χ1n) is 9.81. The topological polar surface area (TPSA) is 77.8 Å². The summed E-state index contributed by atoms with van der Waals surface area (Å²) in [5, 5.41) is 13.4. The summed E-state index contributed by atoms with van der Waals surface area (Å²) in [4.78, 5) is 12.7. The van der Waals surface area contributed by atoms with Crippen LogP contribution in [0.4, 0.5) is 5.69 Å². The third kappa shape index (κ3) is 4.03. The molecule has 0 fully saturated rings. The molecule has 0 bridgehead atoms. The predicted molar refractivity (Wildman–Crippen MR) is 124 cm³/mol. The summed E-state index contributed by atoms with van der Waals surface area (Å²) < 4.78 is 12.6. The Morgan fingerprint density at radius 3 is 2.58 bits per heavy atom. The molecule has 0 aliphatic heterocycles. The molecule has 0 saturated heterocycles. The van der Waals surface area contributed by atoms with Crippen LogP contribution in [0.3, 0.4) is 0 Å². The quantitative estimate of drug-likeness (QED) is 0.447. The zero-order chi connectivity index (χ0) is 22.1. The van der Waals surface area contributed by atoms with Gasteiger partial charge in [-0.3, -0.25) is 9.20 Å². The number of hydrogen-bond donors (Lipinski definition) is 1. The normalized spacial score (nSPS) is 11.1. The summed E-state index contributed by atoms with van der Waals surface area (Å²) in [6, 6.07) is 11.7. The number of nitrogens with one attached hydrogen (secondary N) is 1. The van der Waals surface area contributed by atoms with Gasteiger partial charge in [0.2, 0.25) is 5.91 Å². The zero-order valence-corrected chi connectivity index (χ0v) is 19.0. The number of aromatic nitrogens is 3. The van der Waals surface area contributed by atoms with Crippen molar-refractivity contribution in [2.75, 3.05) is 25.3 Å². The summed E-state index contributed by atoms with van der Waals surface area (Å²) in [6.07, 6.45) is 0. The van der Waals surface area contributed by atoms with Crippen molar-refractivity contribution >= 4 is 39.9 Å². The SMILES string of the molecule is COc1ccc(OC)c(NC(=O)CSc2nnc3c(C)cc4cc(C)cc(C)c4n23)c1. The van der Waals surface area contributed by atoms with Gasteiger partial charge in [-0.2, -0.15) is 0 Å². The highest BCUT2D eigenvalue weighted by Gasteiger charge is 2.16. The van der Waals surface area contributed by atoms with Crippen molar-refractivity contribution in [3.05, 3.63) is 53.1 Å². The van der Waals surface area contributed by atoms with Gasteiger partial charge < -0.3 is 14.8 Å². The molecule has 8 heteroatoms. The lowest BCUT2D eigenvalue weighted by Gasteiger charge is -2.12. The molecule has 1 N–H and O–H groups in total. The number of methoxy groups -OCH3 is 2. The summed E-state index contributed by atoms with van der Waals surface area (Å²) >= 11 is 1.35. The first-order valence-corrected chi connectivity index (χ1v) is 10.8. The number of benzene rings is 2. The summed E-state index contributed by atoms with van der Waals surface area (Å²) in [7, 11) is 3.14. The van der Waals surface area contributed by atoms with Crippen LogP contribution in [0.1, 0.15) is 16.7 Å². The minimum Gasteiger partial charge on any atom is -0.497 e. The molecule has 1 amide bonds. The second-order valence-corrected chi connectivity index (χ2v) is 8.33. The number of amides is 1. The fourth-order valence-corrected chi connectivity index (χ4v) is 4.49. The molecule has 0 atom stereocenters. The van der Waals surface area contributed by atoms with Crippen LogP contribution in [0.15, 0.2) is 41.6 Å². The second-order valence-electron chi connectivity index (χ2n) is 7.39. The van der Waals surface area contributed by atoms with Crippen LogP contribution >= 0.6 is 11.8 Å². The molecular formula is C23H24N4O3S. The zero-order valence-electron chi connectivity index (χ0n) is 18.1. The minimum absolute atomic E-state index is 0.169. The monoisotopic (exact) mass is 436 g/mol. The highest BCUT2D eigenvalue weighted by atomic mass is 32.2. The van der Waals surface area contributed by atoms with Gasteiger partial charge in [0.25, 0.3) is 0 Å². The van der Waals surface area contributed by atoms with Gasteiger partial charge in [-0.15, -0.1) is 10.2 Å². The molecule has 2 heterocycles. The van der Waals surface area contributed by atoms with Gasteiger partial charge in [-0.25, -0.2) is 0 Å². The van der Waals surface area contributed by atoms with Crippen LogP contribution in [0.2, 0.25) is 0 Å². The maximum Gasteiger partial charge on any atom is 0.234 e. The van der Waals surface area contributed by atoms with Crippen molar-refractivity contribution in [2.24, 2.45) is 0 Å². The summed E-state index contributed by atoms with van der Waals surface area (Å²) in [6.45, 7) is 6.20. The van der Waals surface area contributed by atoms with Crippen LogP contribution in [-0.4, -0.2) is 40.5 Å². The van der Waals surface area contributed by atoms with Crippen molar-refractivity contribution in [1.82, 2.24) is 14.6 Å². The number of carbonyl (C=O) groups is 1. The third-order valence-electron chi connectivity index (χ3n) is 5.07. The van der Waals surface area contributed by atoms with E-state index in [1.54, 1.807) is 32.4 Å². The molecule has 2 aromatic heterocycles.